The fourth-order valence-corrected chi connectivity index (χ4v) is 1.89. The minimum atomic E-state index is -3.18. The lowest BCUT2D eigenvalue weighted by Crippen LogP contribution is -2.31. The molecule has 0 bridgehead atoms. The van der Waals surface area contributed by atoms with Gasteiger partial charge in [0.15, 0.2) is 0 Å². The standard InChI is InChI=1S/C11H14FNO4S/c1-13(5-6-18(2,16)17)11(15)9-7-8(12)3-4-10(9)14/h3-4,7,14H,5-6H2,1-2H3. The highest BCUT2D eigenvalue weighted by Gasteiger charge is 2.17. The predicted octanol–water partition coefficient (Wildman–Crippen LogP) is 0.648. The molecule has 1 aromatic rings. The fourth-order valence-electron chi connectivity index (χ4n) is 1.29. The summed E-state index contributed by atoms with van der Waals surface area (Å²) in [6.07, 6.45) is 1.06. The molecule has 1 rings (SSSR count). The van der Waals surface area contributed by atoms with Crippen LogP contribution in [0, 0.1) is 5.82 Å². The van der Waals surface area contributed by atoms with E-state index in [0.29, 0.717) is 0 Å². The zero-order valence-electron chi connectivity index (χ0n) is 10.1. The molecule has 1 amide bonds. The number of halogens is 1. The smallest absolute Gasteiger partial charge is 0.257 e. The minimum Gasteiger partial charge on any atom is -0.507 e. The third-order valence-electron chi connectivity index (χ3n) is 2.33. The van der Waals surface area contributed by atoms with Gasteiger partial charge in [-0.3, -0.25) is 4.79 Å². The third-order valence-corrected chi connectivity index (χ3v) is 3.26. The van der Waals surface area contributed by atoms with Crippen LogP contribution < -0.4 is 0 Å². The summed E-state index contributed by atoms with van der Waals surface area (Å²) in [6.45, 7) is -0.0202. The Morgan fingerprint density at radius 1 is 1.44 bits per heavy atom. The van der Waals surface area contributed by atoms with Crippen molar-refractivity contribution in [2.45, 2.75) is 0 Å². The topological polar surface area (TPSA) is 74.7 Å². The van der Waals surface area contributed by atoms with Crippen molar-refractivity contribution < 1.29 is 22.7 Å². The average molecular weight is 275 g/mol. The Balaban J connectivity index is 2.83. The first-order chi connectivity index (χ1) is 8.20. The molecule has 0 saturated heterocycles. The van der Waals surface area contributed by atoms with E-state index in [9.17, 15) is 22.7 Å². The van der Waals surface area contributed by atoms with Gasteiger partial charge in [0.1, 0.15) is 21.4 Å². The van der Waals surface area contributed by atoms with Crippen molar-refractivity contribution in [3.63, 3.8) is 0 Å². The van der Waals surface area contributed by atoms with Crippen LogP contribution in [-0.2, 0) is 9.84 Å². The fraction of sp³-hybridized carbons (Fsp3) is 0.364. The molecule has 0 unspecified atom stereocenters. The van der Waals surface area contributed by atoms with Crippen molar-refractivity contribution in [1.29, 1.82) is 0 Å². The average Bonchev–Trinajstić information content (AvgIpc) is 2.27. The van der Waals surface area contributed by atoms with Gasteiger partial charge in [0.05, 0.1) is 11.3 Å². The number of aromatic hydroxyl groups is 1. The van der Waals surface area contributed by atoms with Crippen LogP contribution in [0.5, 0.6) is 5.75 Å². The third kappa shape index (κ3) is 3.99. The van der Waals surface area contributed by atoms with E-state index in [1.165, 1.54) is 7.05 Å². The van der Waals surface area contributed by atoms with E-state index in [1.807, 2.05) is 0 Å². The normalized spacial score (nSPS) is 11.3. The summed E-state index contributed by atoms with van der Waals surface area (Å²) in [4.78, 5) is 13.0. The molecule has 0 fully saturated rings. The zero-order chi connectivity index (χ0) is 13.9. The molecular weight excluding hydrogens is 261 g/mol. The number of phenolic OH excluding ortho intramolecular Hbond substituents is 1. The molecule has 0 saturated carbocycles. The van der Waals surface area contributed by atoms with Gasteiger partial charge in [-0.25, -0.2) is 12.8 Å². The summed E-state index contributed by atoms with van der Waals surface area (Å²) in [5.41, 5.74) is -0.189. The SMILES string of the molecule is CN(CCS(C)(=O)=O)C(=O)c1cc(F)ccc1O. The molecule has 1 N–H and O–H groups in total. The van der Waals surface area contributed by atoms with Gasteiger partial charge in [0.25, 0.3) is 5.91 Å². The molecule has 0 aromatic heterocycles. The lowest BCUT2D eigenvalue weighted by molar-refractivity contribution is 0.0800. The van der Waals surface area contributed by atoms with E-state index < -0.39 is 21.6 Å². The number of carbonyl (C=O) groups is 1. The maximum Gasteiger partial charge on any atom is 0.257 e. The van der Waals surface area contributed by atoms with E-state index >= 15 is 0 Å². The van der Waals surface area contributed by atoms with E-state index in [0.717, 1.165) is 29.4 Å². The van der Waals surface area contributed by atoms with Crippen LogP contribution in [0.3, 0.4) is 0 Å². The molecule has 100 valence electrons. The van der Waals surface area contributed by atoms with Crippen molar-refractivity contribution in [2.75, 3.05) is 25.6 Å². The zero-order valence-corrected chi connectivity index (χ0v) is 10.9. The van der Waals surface area contributed by atoms with Crippen LogP contribution in [0.1, 0.15) is 10.4 Å². The molecule has 18 heavy (non-hydrogen) atoms. The minimum absolute atomic E-state index is 0.0202. The lowest BCUT2D eigenvalue weighted by atomic mass is 10.1. The molecular formula is C11H14FNO4S. The first kappa shape index (κ1) is 14.4. The molecule has 5 nitrogen and oxygen atoms in total. The highest BCUT2D eigenvalue weighted by atomic mass is 32.2. The number of sulfone groups is 1. The second-order valence-electron chi connectivity index (χ2n) is 4.02. The van der Waals surface area contributed by atoms with Gasteiger partial charge in [-0.15, -0.1) is 0 Å². The monoisotopic (exact) mass is 275 g/mol. The molecule has 0 aliphatic carbocycles. The summed E-state index contributed by atoms with van der Waals surface area (Å²) in [7, 11) is -1.80. The van der Waals surface area contributed by atoms with Gasteiger partial charge in [-0.2, -0.15) is 0 Å². The summed E-state index contributed by atoms with van der Waals surface area (Å²) in [5, 5.41) is 9.45. The van der Waals surface area contributed by atoms with Gasteiger partial charge in [-0.1, -0.05) is 0 Å². The van der Waals surface area contributed by atoms with Crippen LogP contribution in [0.4, 0.5) is 4.39 Å². The first-order valence-electron chi connectivity index (χ1n) is 5.12. The Morgan fingerprint density at radius 3 is 2.61 bits per heavy atom. The first-order valence-corrected chi connectivity index (χ1v) is 7.18. The van der Waals surface area contributed by atoms with Crippen molar-refractivity contribution in [2.24, 2.45) is 0 Å². The Labute approximate surface area is 105 Å². The van der Waals surface area contributed by atoms with Gasteiger partial charge >= 0.3 is 0 Å². The number of benzene rings is 1. The molecule has 1 aromatic carbocycles. The highest BCUT2D eigenvalue weighted by Crippen LogP contribution is 2.19. The molecule has 0 aliphatic heterocycles. The predicted molar refractivity (Wildman–Crippen MR) is 64.7 cm³/mol. The number of hydrogen-bond donors (Lipinski definition) is 1. The number of nitrogens with zero attached hydrogens (tertiary/aromatic N) is 1. The van der Waals surface area contributed by atoms with Gasteiger partial charge < -0.3 is 10.0 Å². The number of carbonyl (C=O) groups excluding carboxylic acids is 1. The molecule has 0 spiro atoms. The largest absolute Gasteiger partial charge is 0.507 e. The Hall–Kier alpha value is -1.63. The van der Waals surface area contributed by atoms with Gasteiger partial charge in [-0.05, 0) is 18.2 Å². The van der Waals surface area contributed by atoms with Crippen LogP contribution in [0.25, 0.3) is 0 Å². The van der Waals surface area contributed by atoms with Crippen LogP contribution in [0.15, 0.2) is 18.2 Å². The molecule has 0 aliphatic rings. The summed E-state index contributed by atoms with van der Waals surface area (Å²) < 4.78 is 34.9. The van der Waals surface area contributed by atoms with Crippen molar-refractivity contribution in [1.82, 2.24) is 4.90 Å². The number of amides is 1. The lowest BCUT2D eigenvalue weighted by Gasteiger charge is -2.17. The molecule has 7 heteroatoms. The molecule has 0 radical (unpaired) electrons. The van der Waals surface area contributed by atoms with Crippen LogP contribution in [-0.4, -0.2) is 49.9 Å². The Kier molecular flexibility index (Phi) is 4.28. The maximum absolute atomic E-state index is 13.0. The Morgan fingerprint density at radius 2 is 2.06 bits per heavy atom. The van der Waals surface area contributed by atoms with E-state index in [4.69, 9.17) is 0 Å². The van der Waals surface area contributed by atoms with Crippen molar-refractivity contribution in [3.05, 3.63) is 29.6 Å². The summed E-state index contributed by atoms with van der Waals surface area (Å²) >= 11 is 0. The van der Waals surface area contributed by atoms with E-state index in [-0.39, 0.29) is 23.6 Å². The van der Waals surface area contributed by atoms with E-state index in [1.54, 1.807) is 0 Å². The van der Waals surface area contributed by atoms with Gasteiger partial charge in [0.2, 0.25) is 0 Å². The second kappa shape index (κ2) is 5.34. The van der Waals surface area contributed by atoms with E-state index in [2.05, 4.69) is 0 Å². The number of phenols is 1. The number of rotatable bonds is 4. The number of hydrogen-bond acceptors (Lipinski definition) is 4. The maximum atomic E-state index is 13.0. The Bertz CT molecular complexity index is 556. The second-order valence-corrected chi connectivity index (χ2v) is 6.28. The quantitative estimate of drug-likeness (QED) is 0.875. The van der Waals surface area contributed by atoms with Crippen molar-refractivity contribution >= 4 is 15.7 Å². The summed E-state index contributed by atoms with van der Waals surface area (Å²) in [6, 6.07) is 3.02. The van der Waals surface area contributed by atoms with Gasteiger partial charge in [0, 0.05) is 19.8 Å². The summed E-state index contributed by atoms with van der Waals surface area (Å²) in [5.74, 6) is -1.80. The van der Waals surface area contributed by atoms with Crippen LogP contribution in [0.2, 0.25) is 0 Å². The molecule has 0 heterocycles. The van der Waals surface area contributed by atoms with Crippen LogP contribution >= 0.6 is 0 Å². The highest BCUT2D eigenvalue weighted by molar-refractivity contribution is 7.90. The molecule has 0 atom stereocenters. The van der Waals surface area contributed by atoms with Crippen molar-refractivity contribution in [3.8, 4) is 5.75 Å².